The number of hydrogen-bond donors (Lipinski definition) is 2. The largest absolute Gasteiger partial charge is 0.482 e. The summed E-state index contributed by atoms with van der Waals surface area (Å²) < 4.78 is 11.3. The predicted octanol–water partition coefficient (Wildman–Crippen LogP) is 3.48. The molecule has 0 radical (unpaired) electrons. The van der Waals surface area contributed by atoms with Crippen molar-refractivity contribution in [3.8, 4) is 5.75 Å². The molecule has 0 atom stereocenters. The van der Waals surface area contributed by atoms with Crippen LogP contribution < -0.4 is 15.5 Å². The van der Waals surface area contributed by atoms with Crippen LogP contribution in [0.15, 0.2) is 70.1 Å². The number of hydrogen-bond acceptors (Lipinski definition) is 6. The minimum Gasteiger partial charge on any atom is -0.482 e. The van der Waals surface area contributed by atoms with E-state index in [-0.39, 0.29) is 35.7 Å². The van der Waals surface area contributed by atoms with Crippen molar-refractivity contribution in [3.05, 3.63) is 99.1 Å². The Morgan fingerprint density at radius 3 is 2.41 bits per heavy atom. The van der Waals surface area contributed by atoms with Gasteiger partial charge < -0.3 is 19.6 Å². The summed E-state index contributed by atoms with van der Waals surface area (Å²) in [6.07, 6.45) is 1.37. The Hall–Kier alpha value is -3.42. The van der Waals surface area contributed by atoms with E-state index in [0.717, 1.165) is 18.7 Å². The summed E-state index contributed by atoms with van der Waals surface area (Å²) in [5.74, 6) is 0.553. The maximum absolute atomic E-state index is 12.5. The average Bonchev–Trinajstić information content (AvgIpc) is 3.25. The van der Waals surface area contributed by atoms with Crippen LogP contribution in [0.2, 0.25) is 0 Å². The third-order valence-electron chi connectivity index (χ3n) is 5.90. The van der Waals surface area contributed by atoms with E-state index < -0.39 is 0 Å². The average molecular weight is 463 g/mol. The van der Waals surface area contributed by atoms with E-state index in [2.05, 4.69) is 22.3 Å². The van der Waals surface area contributed by atoms with Crippen LogP contribution >= 0.6 is 0 Å². The number of amides is 1. The molecule has 3 aromatic rings. The van der Waals surface area contributed by atoms with Crippen LogP contribution in [0.5, 0.6) is 5.75 Å². The first-order chi connectivity index (χ1) is 16.3. The Labute approximate surface area is 199 Å². The topological polar surface area (TPSA) is 92.0 Å². The van der Waals surface area contributed by atoms with Crippen LogP contribution in [0.3, 0.4) is 0 Å². The van der Waals surface area contributed by atoms with Crippen LogP contribution in [0.25, 0.3) is 0 Å². The molecule has 7 heteroatoms. The van der Waals surface area contributed by atoms with Gasteiger partial charge in [-0.2, -0.15) is 0 Å². The van der Waals surface area contributed by atoms with Crippen LogP contribution in [-0.2, 0) is 26.2 Å². The molecule has 0 spiro atoms. The van der Waals surface area contributed by atoms with Gasteiger partial charge in [-0.1, -0.05) is 50.2 Å². The SMILES string of the molecule is CC(C)(CO)CNC(=O)c1ccc(COc2coc(CN3Cc4ccccc4C3)cc2=O)cc1. The monoisotopic (exact) mass is 462 g/mol. The number of aliphatic hydroxyl groups excluding tert-OH is 1. The molecule has 1 aliphatic rings. The second-order valence-corrected chi connectivity index (χ2v) is 9.48. The summed E-state index contributed by atoms with van der Waals surface area (Å²) in [6, 6.07) is 16.8. The first-order valence-electron chi connectivity index (χ1n) is 11.3. The molecule has 0 fully saturated rings. The molecule has 0 bridgehead atoms. The van der Waals surface area contributed by atoms with Crippen molar-refractivity contribution < 1.29 is 19.1 Å². The van der Waals surface area contributed by atoms with Crippen LogP contribution in [-0.4, -0.2) is 29.1 Å². The van der Waals surface area contributed by atoms with E-state index in [0.29, 0.717) is 24.4 Å². The van der Waals surface area contributed by atoms with Crippen molar-refractivity contribution in [2.45, 2.75) is 40.1 Å². The number of carbonyl (C=O) groups excluding carboxylic acids is 1. The molecule has 1 aromatic heterocycles. The first kappa shape index (κ1) is 23.7. The highest BCUT2D eigenvalue weighted by Crippen LogP contribution is 2.24. The number of fused-ring (bicyclic) bond motifs is 1. The van der Waals surface area contributed by atoms with Gasteiger partial charge in [0.15, 0.2) is 0 Å². The molecule has 0 saturated carbocycles. The summed E-state index contributed by atoms with van der Waals surface area (Å²) in [6.45, 7) is 6.55. The molecule has 2 heterocycles. The lowest BCUT2D eigenvalue weighted by Gasteiger charge is -2.21. The summed E-state index contributed by atoms with van der Waals surface area (Å²) in [5, 5.41) is 12.1. The molecule has 0 saturated heterocycles. The zero-order chi connectivity index (χ0) is 24.1. The summed E-state index contributed by atoms with van der Waals surface area (Å²) in [5.41, 5.74) is 3.36. The predicted molar refractivity (Wildman–Crippen MR) is 128 cm³/mol. The van der Waals surface area contributed by atoms with E-state index in [9.17, 15) is 14.7 Å². The molecule has 4 rings (SSSR count). The van der Waals surface area contributed by atoms with Crippen molar-refractivity contribution in [2.75, 3.05) is 13.2 Å². The maximum Gasteiger partial charge on any atom is 0.251 e. The Morgan fingerprint density at radius 1 is 1.12 bits per heavy atom. The number of nitrogens with one attached hydrogen (secondary N) is 1. The van der Waals surface area contributed by atoms with Gasteiger partial charge in [0.2, 0.25) is 11.2 Å². The quantitative estimate of drug-likeness (QED) is 0.506. The smallest absolute Gasteiger partial charge is 0.251 e. The van der Waals surface area contributed by atoms with Gasteiger partial charge in [0.1, 0.15) is 18.6 Å². The van der Waals surface area contributed by atoms with Crippen molar-refractivity contribution in [1.82, 2.24) is 10.2 Å². The van der Waals surface area contributed by atoms with E-state index in [4.69, 9.17) is 9.15 Å². The lowest BCUT2D eigenvalue weighted by Crippen LogP contribution is -2.36. The summed E-state index contributed by atoms with van der Waals surface area (Å²) in [7, 11) is 0. The van der Waals surface area contributed by atoms with Gasteiger partial charge in [-0.15, -0.1) is 0 Å². The van der Waals surface area contributed by atoms with Gasteiger partial charge in [0.05, 0.1) is 6.54 Å². The molecular formula is C27H30N2O5. The van der Waals surface area contributed by atoms with E-state index in [1.54, 1.807) is 24.3 Å². The van der Waals surface area contributed by atoms with E-state index in [1.807, 2.05) is 26.0 Å². The van der Waals surface area contributed by atoms with Crippen LogP contribution in [0, 0.1) is 5.41 Å². The van der Waals surface area contributed by atoms with Crippen molar-refractivity contribution in [1.29, 1.82) is 0 Å². The molecule has 7 nitrogen and oxygen atoms in total. The molecule has 178 valence electrons. The minimum absolute atomic E-state index is 0.00889. The Bertz CT molecular complexity index is 1180. The fourth-order valence-corrected chi connectivity index (χ4v) is 3.75. The number of ether oxygens (including phenoxy) is 1. The zero-order valence-corrected chi connectivity index (χ0v) is 19.5. The Kier molecular flexibility index (Phi) is 7.14. The van der Waals surface area contributed by atoms with Gasteiger partial charge in [-0.25, -0.2) is 0 Å². The van der Waals surface area contributed by atoms with E-state index in [1.165, 1.54) is 23.5 Å². The van der Waals surface area contributed by atoms with E-state index >= 15 is 0 Å². The molecule has 0 unspecified atom stereocenters. The standard InChI is InChI=1S/C27H30N2O5/c1-27(2,18-30)17-28-26(32)20-9-7-19(8-10-20)15-34-25-16-33-23(11-24(25)31)14-29-12-21-5-3-4-6-22(21)13-29/h3-11,16,30H,12-15,17-18H2,1-2H3,(H,28,32). The highest BCUT2D eigenvalue weighted by atomic mass is 16.5. The Morgan fingerprint density at radius 2 is 1.79 bits per heavy atom. The maximum atomic E-state index is 12.5. The fraction of sp³-hybridized carbons (Fsp3) is 0.333. The summed E-state index contributed by atoms with van der Waals surface area (Å²) in [4.78, 5) is 27.0. The van der Waals surface area contributed by atoms with Gasteiger partial charge in [-0.3, -0.25) is 14.5 Å². The number of aliphatic hydroxyl groups is 1. The van der Waals surface area contributed by atoms with Crippen molar-refractivity contribution in [2.24, 2.45) is 5.41 Å². The van der Waals surface area contributed by atoms with Gasteiger partial charge in [-0.05, 0) is 28.8 Å². The highest BCUT2D eigenvalue weighted by molar-refractivity contribution is 5.94. The molecule has 2 aromatic carbocycles. The molecular weight excluding hydrogens is 432 g/mol. The molecule has 2 N–H and O–H groups in total. The van der Waals surface area contributed by atoms with Crippen molar-refractivity contribution in [3.63, 3.8) is 0 Å². The number of rotatable bonds is 9. The lowest BCUT2D eigenvalue weighted by molar-refractivity contribution is 0.0911. The lowest BCUT2D eigenvalue weighted by atomic mass is 9.95. The second-order valence-electron chi connectivity index (χ2n) is 9.48. The fourth-order valence-electron chi connectivity index (χ4n) is 3.75. The van der Waals surface area contributed by atoms with Crippen LogP contribution in [0.1, 0.15) is 46.7 Å². The third-order valence-corrected chi connectivity index (χ3v) is 5.90. The second kappa shape index (κ2) is 10.2. The molecule has 34 heavy (non-hydrogen) atoms. The molecule has 0 aliphatic carbocycles. The van der Waals surface area contributed by atoms with Gasteiger partial charge in [0.25, 0.3) is 5.91 Å². The number of nitrogens with zero attached hydrogens (tertiary/aromatic N) is 1. The highest BCUT2D eigenvalue weighted by Gasteiger charge is 2.20. The molecule has 1 aliphatic heterocycles. The third kappa shape index (κ3) is 5.92. The first-order valence-corrected chi connectivity index (χ1v) is 11.3. The normalized spacial score (nSPS) is 13.5. The summed E-state index contributed by atoms with van der Waals surface area (Å²) >= 11 is 0. The van der Waals surface area contributed by atoms with Gasteiger partial charge >= 0.3 is 0 Å². The Balaban J connectivity index is 1.29. The minimum atomic E-state index is -0.375. The van der Waals surface area contributed by atoms with Gasteiger partial charge in [0, 0.05) is 43.3 Å². The van der Waals surface area contributed by atoms with Crippen molar-refractivity contribution >= 4 is 5.91 Å². The number of benzene rings is 2. The zero-order valence-electron chi connectivity index (χ0n) is 19.5. The number of carbonyl (C=O) groups is 1. The molecule has 1 amide bonds. The van der Waals surface area contributed by atoms with Crippen LogP contribution in [0.4, 0.5) is 0 Å².